The van der Waals surface area contributed by atoms with E-state index in [1.165, 1.54) is 27.6 Å². The molecule has 0 unspecified atom stereocenters. The van der Waals surface area contributed by atoms with Gasteiger partial charge in [0.25, 0.3) is 5.91 Å². The van der Waals surface area contributed by atoms with Crippen molar-refractivity contribution in [2.75, 3.05) is 13.1 Å². The van der Waals surface area contributed by atoms with Crippen LogP contribution < -0.4 is 5.32 Å². The van der Waals surface area contributed by atoms with Crippen LogP contribution in [0.3, 0.4) is 0 Å². The van der Waals surface area contributed by atoms with E-state index in [2.05, 4.69) is 16.4 Å². The number of aromatic amines is 1. The predicted molar refractivity (Wildman–Crippen MR) is 131 cm³/mol. The summed E-state index contributed by atoms with van der Waals surface area (Å²) in [5.74, 6) is -0.283. The number of hydrogen-bond acceptors (Lipinski definition) is 4. The highest BCUT2D eigenvalue weighted by atomic mass is 35.5. The highest BCUT2D eigenvalue weighted by molar-refractivity contribution is 8.26. The molecule has 0 atom stereocenters. The monoisotopic (exact) mass is 469 g/mol. The van der Waals surface area contributed by atoms with Crippen molar-refractivity contribution in [3.05, 3.63) is 75.8 Å². The maximum absolute atomic E-state index is 12.7. The Hall–Kier alpha value is -2.61. The Balaban J connectivity index is 1.28. The van der Waals surface area contributed by atoms with Gasteiger partial charge < -0.3 is 10.3 Å². The number of carbonyl (C=O) groups excluding carboxylic acids is 2. The first-order valence-corrected chi connectivity index (χ1v) is 11.4. The van der Waals surface area contributed by atoms with Gasteiger partial charge in [0.1, 0.15) is 4.32 Å². The van der Waals surface area contributed by atoms with E-state index < -0.39 is 0 Å². The lowest BCUT2D eigenvalue weighted by molar-refractivity contribution is -0.123. The summed E-state index contributed by atoms with van der Waals surface area (Å²) >= 11 is 12.6. The van der Waals surface area contributed by atoms with Crippen LogP contribution in [0.2, 0.25) is 5.02 Å². The number of rotatable bonds is 7. The van der Waals surface area contributed by atoms with Gasteiger partial charge in [-0.15, -0.1) is 0 Å². The van der Waals surface area contributed by atoms with E-state index in [4.69, 9.17) is 23.8 Å². The molecule has 8 heteroatoms. The lowest BCUT2D eigenvalue weighted by Gasteiger charge is -2.14. The van der Waals surface area contributed by atoms with E-state index in [0.29, 0.717) is 20.8 Å². The van der Waals surface area contributed by atoms with Crippen molar-refractivity contribution in [2.24, 2.45) is 0 Å². The Morgan fingerprint density at radius 2 is 2.06 bits per heavy atom. The summed E-state index contributed by atoms with van der Waals surface area (Å²) in [4.78, 5) is 30.2. The fourth-order valence-corrected chi connectivity index (χ4v) is 4.92. The minimum absolute atomic E-state index is 0.104. The van der Waals surface area contributed by atoms with Crippen molar-refractivity contribution in [2.45, 2.75) is 12.8 Å². The molecule has 1 aliphatic rings. The van der Waals surface area contributed by atoms with Crippen LogP contribution in [0.1, 0.15) is 17.5 Å². The number of nitrogens with zero attached hydrogens (tertiary/aromatic N) is 1. The molecule has 5 nitrogen and oxygen atoms in total. The lowest BCUT2D eigenvalue weighted by Crippen LogP contribution is -2.34. The molecular weight excluding hydrogens is 450 g/mol. The smallest absolute Gasteiger partial charge is 0.266 e. The number of thiocarbonyl (C=S) groups is 1. The summed E-state index contributed by atoms with van der Waals surface area (Å²) in [6.45, 7) is 0.796. The topological polar surface area (TPSA) is 65.2 Å². The summed E-state index contributed by atoms with van der Waals surface area (Å²) in [6, 6.07) is 15.4. The van der Waals surface area contributed by atoms with Gasteiger partial charge >= 0.3 is 0 Å². The Morgan fingerprint density at radius 3 is 2.90 bits per heavy atom. The van der Waals surface area contributed by atoms with Crippen LogP contribution in [0, 0.1) is 0 Å². The van der Waals surface area contributed by atoms with Gasteiger partial charge in [-0.1, -0.05) is 65.9 Å². The second-order valence-electron chi connectivity index (χ2n) is 7.10. The molecule has 2 N–H and O–H groups in total. The molecule has 3 aromatic rings. The fraction of sp³-hybridized carbons (Fsp3) is 0.174. The van der Waals surface area contributed by atoms with Crippen molar-refractivity contribution >= 4 is 68.7 Å². The minimum Gasteiger partial charge on any atom is -0.361 e. The van der Waals surface area contributed by atoms with Crippen molar-refractivity contribution < 1.29 is 9.59 Å². The molecule has 2 heterocycles. The van der Waals surface area contributed by atoms with Crippen LogP contribution >= 0.6 is 35.6 Å². The predicted octanol–water partition coefficient (Wildman–Crippen LogP) is 4.77. The lowest BCUT2D eigenvalue weighted by atomic mass is 10.1. The number of fused-ring (bicyclic) bond motifs is 1. The first-order chi connectivity index (χ1) is 15.0. The third-order valence-electron chi connectivity index (χ3n) is 4.97. The van der Waals surface area contributed by atoms with E-state index in [9.17, 15) is 9.59 Å². The van der Waals surface area contributed by atoms with E-state index in [1.807, 2.05) is 36.5 Å². The summed E-state index contributed by atoms with van der Waals surface area (Å²) < 4.78 is 0.463. The average Bonchev–Trinajstić information content (AvgIpc) is 3.27. The molecule has 0 bridgehead atoms. The molecule has 158 valence electrons. The molecule has 2 aromatic carbocycles. The molecule has 1 aromatic heterocycles. The normalized spacial score (nSPS) is 15.3. The molecule has 0 aliphatic carbocycles. The van der Waals surface area contributed by atoms with E-state index >= 15 is 0 Å². The molecule has 2 amide bonds. The van der Waals surface area contributed by atoms with Gasteiger partial charge in [-0.2, -0.15) is 0 Å². The molecule has 0 saturated carbocycles. The number of amides is 2. The Kier molecular flexibility index (Phi) is 6.75. The first-order valence-electron chi connectivity index (χ1n) is 9.84. The van der Waals surface area contributed by atoms with Crippen molar-refractivity contribution in [3.8, 4) is 0 Å². The van der Waals surface area contributed by atoms with Gasteiger partial charge in [0.15, 0.2) is 0 Å². The number of benzene rings is 2. The number of carbonyl (C=O) groups is 2. The molecule has 31 heavy (non-hydrogen) atoms. The van der Waals surface area contributed by atoms with Gasteiger partial charge in [-0.05, 0) is 41.8 Å². The maximum Gasteiger partial charge on any atom is 0.266 e. The van der Waals surface area contributed by atoms with Gasteiger partial charge in [0.05, 0.1) is 4.91 Å². The van der Waals surface area contributed by atoms with Crippen LogP contribution in [-0.4, -0.2) is 39.1 Å². The van der Waals surface area contributed by atoms with Gasteiger partial charge in [-0.25, -0.2) is 0 Å². The highest BCUT2D eigenvalue weighted by Gasteiger charge is 2.32. The van der Waals surface area contributed by atoms with Crippen LogP contribution in [0.5, 0.6) is 0 Å². The molecule has 0 radical (unpaired) electrons. The van der Waals surface area contributed by atoms with E-state index in [0.717, 1.165) is 17.5 Å². The fourth-order valence-electron chi connectivity index (χ4n) is 3.42. The van der Waals surface area contributed by atoms with E-state index in [-0.39, 0.29) is 24.8 Å². The molecular formula is C23H20ClN3O2S2. The maximum atomic E-state index is 12.7. The van der Waals surface area contributed by atoms with Crippen LogP contribution in [-0.2, 0) is 16.0 Å². The number of hydrogen-bond donors (Lipinski definition) is 2. The van der Waals surface area contributed by atoms with Gasteiger partial charge in [-0.3, -0.25) is 14.5 Å². The SMILES string of the molecule is O=C(CCN1C(=O)/C(=C/c2cccc(Cl)c2)SC1=S)NCCc1c[nH]c2ccccc12. The average molecular weight is 470 g/mol. The number of halogens is 1. The van der Waals surface area contributed by atoms with Gasteiger partial charge in [0.2, 0.25) is 5.91 Å². The number of thioether (sulfide) groups is 1. The number of H-pyrrole nitrogens is 1. The molecule has 1 aliphatic heterocycles. The zero-order chi connectivity index (χ0) is 21.8. The van der Waals surface area contributed by atoms with E-state index in [1.54, 1.807) is 18.2 Å². The van der Waals surface area contributed by atoms with Crippen molar-refractivity contribution in [3.63, 3.8) is 0 Å². The summed E-state index contributed by atoms with van der Waals surface area (Å²) in [5.41, 5.74) is 3.09. The van der Waals surface area contributed by atoms with Crippen LogP contribution in [0.15, 0.2) is 59.6 Å². The standard InChI is InChI=1S/C23H20ClN3O2S2/c24-17-5-3-4-15(12-17)13-20-22(29)27(23(30)31-20)11-9-21(28)25-10-8-16-14-26-19-7-2-1-6-18(16)19/h1-7,12-14,26H,8-11H2,(H,25,28)/b20-13-. The highest BCUT2D eigenvalue weighted by Crippen LogP contribution is 2.32. The third-order valence-corrected chi connectivity index (χ3v) is 6.59. The summed E-state index contributed by atoms with van der Waals surface area (Å²) in [5, 5.41) is 4.70. The quantitative estimate of drug-likeness (QED) is 0.386. The third kappa shape index (κ3) is 5.18. The number of nitrogens with one attached hydrogen (secondary N) is 2. The van der Waals surface area contributed by atoms with Crippen molar-refractivity contribution in [1.82, 2.24) is 15.2 Å². The van der Waals surface area contributed by atoms with Crippen molar-refractivity contribution in [1.29, 1.82) is 0 Å². The summed E-state index contributed by atoms with van der Waals surface area (Å²) in [7, 11) is 0. The zero-order valence-electron chi connectivity index (χ0n) is 16.6. The second kappa shape index (κ2) is 9.68. The molecule has 4 rings (SSSR count). The van der Waals surface area contributed by atoms with Crippen LogP contribution in [0.25, 0.3) is 17.0 Å². The first kappa shape index (κ1) is 21.6. The molecule has 1 saturated heterocycles. The van der Waals surface area contributed by atoms with Crippen LogP contribution in [0.4, 0.5) is 0 Å². The largest absolute Gasteiger partial charge is 0.361 e. The Bertz CT molecular complexity index is 1190. The second-order valence-corrected chi connectivity index (χ2v) is 9.21. The number of para-hydroxylation sites is 1. The zero-order valence-corrected chi connectivity index (χ0v) is 18.9. The minimum atomic E-state index is -0.179. The molecule has 0 spiro atoms. The van der Waals surface area contributed by atoms with Gasteiger partial charge in [0, 0.05) is 41.6 Å². The molecule has 1 fully saturated rings. The Labute approximate surface area is 194 Å². The summed E-state index contributed by atoms with van der Waals surface area (Å²) in [6.07, 6.45) is 4.68. The Morgan fingerprint density at radius 1 is 1.23 bits per heavy atom. The number of aromatic nitrogens is 1.